The van der Waals surface area contributed by atoms with Crippen molar-refractivity contribution in [2.45, 2.75) is 27.2 Å². The molecular formula is C22H24ClN3O3. The molecule has 0 aliphatic carbocycles. The van der Waals surface area contributed by atoms with E-state index in [-0.39, 0.29) is 36.6 Å². The fourth-order valence-corrected chi connectivity index (χ4v) is 3.27. The van der Waals surface area contributed by atoms with E-state index in [1.807, 2.05) is 26.8 Å². The van der Waals surface area contributed by atoms with E-state index in [0.717, 1.165) is 5.56 Å². The van der Waals surface area contributed by atoms with Gasteiger partial charge in [0.2, 0.25) is 17.7 Å². The molecule has 1 heterocycles. The largest absolute Gasteiger partial charge is 0.326 e. The second-order valence-corrected chi connectivity index (χ2v) is 7.96. The predicted molar refractivity (Wildman–Crippen MR) is 115 cm³/mol. The van der Waals surface area contributed by atoms with Crippen LogP contribution in [0.3, 0.4) is 0 Å². The van der Waals surface area contributed by atoms with Gasteiger partial charge in [-0.3, -0.25) is 14.4 Å². The average Bonchev–Trinajstić information content (AvgIpc) is 3.07. The zero-order chi connectivity index (χ0) is 21.1. The summed E-state index contributed by atoms with van der Waals surface area (Å²) < 4.78 is 0. The minimum Gasteiger partial charge on any atom is -0.326 e. The van der Waals surface area contributed by atoms with Crippen LogP contribution in [-0.2, 0) is 14.4 Å². The van der Waals surface area contributed by atoms with Crippen molar-refractivity contribution >= 4 is 46.4 Å². The molecule has 29 heavy (non-hydrogen) atoms. The number of carbonyl (C=O) groups is 3. The molecule has 1 atom stereocenters. The highest BCUT2D eigenvalue weighted by Gasteiger charge is 2.35. The number of hydrogen-bond donors (Lipinski definition) is 2. The molecule has 1 aliphatic rings. The lowest BCUT2D eigenvalue weighted by molar-refractivity contribution is -0.122. The number of anilines is 3. The molecule has 152 valence electrons. The Kier molecular flexibility index (Phi) is 6.23. The Hall–Kier alpha value is -2.86. The van der Waals surface area contributed by atoms with Crippen LogP contribution >= 0.6 is 11.6 Å². The molecule has 2 N–H and O–H groups in total. The summed E-state index contributed by atoms with van der Waals surface area (Å²) in [6.07, 6.45) is 0.133. The highest BCUT2D eigenvalue weighted by molar-refractivity contribution is 6.31. The van der Waals surface area contributed by atoms with E-state index in [1.165, 1.54) is 0 Å². The Labute approximate surface area is 175 Å². The molecule has 1 saturated heterocycles. The molecule has 7 heteroatoms. The normalized spacial score (nSPS) is 16.2. The zero-order valence-electron chi connectivity index (χ0n) is 16.7. The van der Waals surface area contributed by atoms with E-state index in [0.29, 0.717) is 22.1 Å². The third kappa shape index (κ3) is 4.95. The van der Waals surface area contributed by atoms with Crippen LogP contribution in [0, 0.1) is 18.8 Å². The molecule has 6 nitrogen and oxygen atoms in total. The van der Waals surface area contributed by atoms with Gasteiger partial charge in [0.25, 0.3) is 0 Å². The zero-order valence-corrected chi connectivity index (χ0v) is 17.4. The van der Waals surface area contributed by atoms with Gasteiger partial charge in [-0.1, -0.05) is 37.6 Å². The van der Waals surface area contributed by atoms with Crippen molar-refractivity contribution < 1.29 is 14.4 Å². The predicted octanol–water partition coefficient (Wildman–Crippen LogP) is 4.23. The second-order valence-electron chi connectivity index (χ2n) is 7.55. The molecule has 2 aromatic rings. The first kappa shape index (κ1) is 20.9. The van der Waals surface area contributed by atoms with Crippen molar-refractivity contribution in [2.24, 2.45) is 11.8 Å². The van der Waals surface area contributed by atoms with Crippen molar-refractivity contribution in [3.05, 3.63) is 53.1 Å². The van der Waals surface area contributed by atoms with E-state index >= 15 is 0 Å². The highest BCUT2D eigenvalue weighted by atomic mass is 35.5. The number of aryl methyl sites for hydroxylation is 1. The van der Waals surface area contributed by atoms with Gasteiger partial charge in [-0.15, -0.1) is 0 Å². The average molecular weight is 414 g/mol. The fourth-order valence-electron chi connectivity index (χ4n) is 3.09. The number of nitrogens with one attached hydrogen (secondary N) is 2. The molecule has 0 unspecified atom stereocenters. The number of halogens is 1. The van der Waals surface area contributed by atoms with Crippen LogP contribution in [0.2, 0.25) is 5.02 Å². The Morgan fingerprint density at radius 1 is 1.10 bits per heavy atom. The third-order valence-corrected chi connectivity index (χ3v) is 5.29. The van der Waals surface area contributed by atoms with Crippen LogP contribution in [0.5, 0.6) is 0 Å². The molecule has 3 amide bonds. The van der Waals surface area contributed by atoms with Crippen LogP contribution < -0.4 is 15.5 Å². The van der Waals surface area contributed by atoms with Crippen LogP contribution in [0.4, 0.5) is 17.1 Å². The van der Waals surface area contributed by atoms with Gasteiger partial charge < -0.3 is 15.5 Å². The molecule has 0 bridgehead atoms. The summed E-state index contributed by atoms with van der Waals surface area (Å²) in [4.78, 5) is 38.6. The van der Waals surface area contributed by atoms with Gasteiger partial charge in [-0.25, -0.2) is 0 Å². The molecule has 1 fully saturated rings. The first-order valence-electron chi connectivity index (χ1n) is 9.53. The molecule has 0 aromatic heterocycles. The quantitative estimate of drug-likeness (QED) is 0.769. The number of carbonyl (C=O) groups excluding carboxylic acids is 3. The van der Waals surface area contributed by atoms with Crippen LogP contribution in [-0.4, -0.2) is 24.3 Å². The van der Waals surface area contributed by atoms with Gasteiger partial charge in [-0.2, -0.15) is 0 Å². The lowest BCUT2D eigenvalue weighted by Crippen LogP contribution is -2.28. The van der Waals surface area contributed by atoms with Crippen molar-refractivity contribution in [2.75, 3.05) is 22.1 Å². The van der Waals surface area contributed by atoms with Crippen LogP contribution in [0.15, 0.2) is 42.5 Å². The Balaban J connectivity index is 1.69. The maximum atomic E-state index is 12.6. The topological polar surface area (TPSA) is 78.5 Å². The minimum absolute atomic E-state index is 0.0936. The second kappa shape index (κ2) is 8.66. The maximum Gasteiger partial charge on any atom is 0.229 e. The van der Waals surface area contributed by atoms with Gasteiger partial charge in [0.15, 0.2) is 0 Å². The number of amides is 3. The van der Waals surface area contributed by atoms with Gasteiger partial charge in [-0.05, 0) is 42.8 Å². The van der Waals surface area contributed by atoms with Gasteiger partial charge >= 0.3 is 0 Å². The summed E-state index contributed by atoms with van der Waals surface area (Å²) in [5.74, 6) is -1.04. The fraction of sp³-hybridized carbons (Fsp3) is 0.318. The first-order chi connectivity index (χ1) is 13.7. The smallest absolute Gasteiger partial charge is 0.229 e. The van der Waals surface area contributed by atoms with Crippen LogP contribution in [0.1, 0.15) is 25.8 Å². The van der Waals surface area contributed by atoms with E-state index in [1.54, 1.807) is 41.3 Å². The summed E-state index contributed by atoms with van der Waals surface area (Å²) in [6.45, 7) is 5.80. The minimum atomic E-state index is -0.462. The Morgan fingerprint density at radius 3 is 2.52 bits per heavy atom. The van der Waals surface area contributed by atoms with Crippen molar-refractivity contribution in [3.8, 4) is 0 Å². The molecular weight excluding hydrogens is 390 g/mol. The SMILES string of the molecule is Cc1ccc(NC(=O)[C@H]2CC(=O)N(c3cccc(NC(=O)C(C)C)c3)C2)cc1Cl. The lowest BCUT2D eigenvalue weighted by atomic mass is 10.1. The Morgan fingerprint density at radius 2 is 1.83 bits per heavy atom. The van der Waals surface area contributed by atoms with E-state index in [9.17, 15) is 14.4 Å². The molecule has 0 spiro atoms. The van der Waals surface area contributed by atoms with E-state index in [4.69, 9.17) is 11.6 Å². The van der Waals surface area contributed by atoms with Gasteiger partial charge in [0, 0.05) is 41.0 Å². The standard InChI is InChI=1S/C22H24ClN3O3/c1-13(2)21(28)24-16-5-4-6-18(10-16)26-12-15(9-20(26)27)22(29)25-17-8-7-14(3)19(23)11-17/h4-8,10-11,13,15H,9,12H2,1-3H3,(H,24,28)(H,25,29)/t15-/m0/s1. The summed E-state index contributed by atoms with van der Waals surface area (Å²) >= 11 is 6.11. The number of benzene rings is 2. The van der Waals surface area contributed by atoms with E-state index < -0.39 is 5.92 Å². The van der Waals surface area contributed by atoms with E-state index in [2.05, 4.69) is 10.6 Å². The Bertz CT molecular complexity index is 958. The summed E-state index contributed by atoms with van der Waals surface area (Å²) in [5, 5.41) is 6.24. The number of hydrogen-bond acceptors (Lipinski definition) is 3. The summed E-state index contributed by atoms with van der Waals surface area (Å²) in [6, 6.07) is 12.4. The molecule has 2 aromatic carbocycles. The third-order valence-electron chi connectivity index (χ3n) is 4.88. The summed E-state index contributed by atoms with van der Waals surface area (Å²) in [7, 11) is 0. The highest BCUT2D eigenvalue weighted by Crippen LogP contribution is 2.28. The van der Waals surface area contributed by atoms with Gasteiger partial charge in [0.1, 0.15) is 0 Å². The molecule has 0 radical (unpaired) electrons. The van der Waals surface area contributed by atoms with Crippen molar-refractivity contribution in [3.63, 3.8) is 0 Å². The summed E-state index contributed by atoms with van der Waals surface area (Å²) in [5.41, 5.74) is 2.81. The lowest BCUT2D eigenvalue weighted by Gasteiger charge is -2.18. The van der Waals surface area contributed by atoms with Crippen molar-refractivity contribution in [1.29, 1.82) is 0 Å². The first-order valence-corrected chi connectivity index (χ1v) is 9.90. The molecule has 3 rings (SSSR count). The van der Waals surface area contributed by atoms with Crippen LogP contribution in [0.25, 0.3) is 0 Å². The molecule has 1 aliphatic heterocycles. The van der Waals surface area contributed by atoms with Crippen molar-refractivity contribution in [1.82, 2.24) is 0 Å². The number of rotatable bonds is 5. The monoisotopic (exact) mass is 413 g/mol. The number of nitrogens with zero attached hydrogens (tertiary/aromatic N) is 1. The molecule has 0 saturated carbocycles. The maximum absolute atomic E-state index is 12.6. The van der Waals surface area contributed by atoms with Gasteiger partial charge in [0.05, 0.1) is 5.92 Å².